The second-order valence-electron chi connectivity index (χ2n) is 6.46. The molecule has 1 saturated heterocycles. The summed E-state index contributed by atoms with van der Waals surface area (Å²) in [6, 6.07) is 11.0. The Balaban J connectivity index is 1.76. The first kappa shape index (κ1) is 20.9. The molecule has 0 N–H and O–H groups in total. The van der Waals surface area contributed by atoms with Gasteiger partial charge in [-0.25, -0.2) is 9.18 Å². The predicted molar refractivity (Wildman–Crippen MR) is 107 cm³/mol. The van der Waals surface area contributed by atoms with Crippen molar-refractivity contribution in [3.63, 3.8) is 0 Å². The molecule has 8 heteroatoms. The standard InChI is InChI=1S/C21H20FNO5S/c1-13-11-16(21(26)28-10-9-27-14(2)24)5-8-18(13)23-19(25)12-29-20(23)15-3-6-17(22)7-4-15/h3-8,11,20H,9-10,12H2,1-2H3. The second kappa shape index (κ2) is 9.09. The number of ether oxygens (including phenoxy) is 2. The van der Waals surface area contributed by atoms with E-state index >= 15 is 0 Å². The van der Waals surface area contributed by atoms with Crippen LogP contribution in [0.1, 0.15) is 33.8 Å². The quantitative estimate of drug-likeness (QED) is 0.528. The molecule has 1 amide bonds. The summed E-state index contributed by atoms with van der Waals surface area (Å²) in [6.07, 6.45) is 0. The van der Waals surface area contributed by atoms with E-state index in [4.69, 9.17) is 9.47 Å². The Labute approximate surface area is 172 Å². The summed E-state index contributed by atoms with van der Waals surface area (Å²) in [5.41, 5.74) is 2.59. The van der Waals surface area contributed by atoms with Crippen molar-refractivity contribution in [2.24, 2.45) is 0 Å². The molecule has 0 bridgehead atoms. The number of carbonyl (C=O) groups excluding carboxylic acids is 3. The van der Waals surface area contributed by atoms with Crippen LogP contribution < -0.4 is 4.90 Å². The maximum absolute atomic E-state index is 13.2. The molecule has 0 aromatic heterocycles. The van der Waals surface area contributed by atoms with Gasteiger partial charge in [0.1, 0.15) is 24.4 Å². The van der Waals surface area contributed by atoms with Gasteiger partial charge in [0.05, 0.1) is 11.3 Å². The highest BCUT2D eigenvalue weighted by Gasteiger charge is 2.35. The lowest BCUT2D eigenvalue weighted by atomic mass is 10.1. The summed E-state index contributed by atoms with van der Waals surface area (Å²) in [5.74, 6) is -1.04. The molecule has 1 fully saturated rings. The van der Waals surface area contributed by atoms with Crippen LogP contribution in [0.15, 0.2) is 42.5 Å². The Hall–Kier alpha value is -2.87. The van der Waals surface area contributed by atoms with Crippen molar-refractivity contribution in [2.75, 3.05) is 23.9 Å². The molecule has 2 aromatic rings. The third-order valence-corrected chi connectivity index (χ3v) is 5.55. The Morgan fingerprint density at radius 2 is 1.83 bits per heavy atom. The van der Waals surface area contributed by atoms with E-state index < -0.39 is 11.9 Å². The van der Waals surface area contributed by atoms with Crippen LogP contribution in [0.25, 0.3) is 0 Å². The van der Waals surface area contributed by atoms with E-state index in [1.165, 1.54) is 30.8 Å². The van der Waals surface area contributed by atoms with Gasteiger partial charge in [0.2, 0.25) is 5.91 Å². The number of aryl methyl sites for hydroxylation is 1. The van der Waals surface area contributed by atoms with Crippen LogP contribution in [0.5, 0.6) is 0 Å². The minimum absolute atomic E-state index is 0.00298. The Morgan fingerprint density at radius 1 is 1.14 bits per heavy atom. The fourth-order valence-electron chi connectivity index (χ4n) is 3.01. The number of amides is 1. The largest absolute Gasteiger partial charge is 0.462 e. The number of carbonyl (C=O) groups is 3. The fourth-order valence-corrected chi connectivity index (χ4v) is 4.18. The molecule has 1 heterocycles. The van der Waals surface area contributed by atoms with E-state index in [9.17, 15) is 18.8 Å². The number of esters is 2. The minimum atomic E-state index is -0.538. The monoisotopic (exact) mass is 417 g/mol. The van der Waals surface area contributed by atoms with Crippen molar-refractivity contribution >= 4 is 35.3 Å². The molecule has 0 radical (unpaired) electrons. The van der Waals surface area contributed by atoms with E-state index in [0.717, 1.165) is 11.1 Å². The molecule has 0 spiro atoms. The SMILES string of the molecule is CC(=O)OCCOC(=O)c1ccc(N2C(=O)CSC2c2ccc(F)cc2)c(C)c1. The lowest BCUT2D eigenvalue weighted by Gasteiger charge is -2.26. The van der Waals surface area contributed by atoms with Crippen LogP contribution >= 0.6 is 11.8 Å². The van der Waals surface area contributed by atoms with Crippen LogP contribution in [0.2, 0.25) is 0 Å². The van der Waals surface area contributed by atoms with Crippen molar-refractivity contribution in [3.05, 3.63) is 65.0 Å². The molecule has 6 nitrogen and oxygen atoms in total. The maximum Gasteiger partial charge on any atom is 0.338 e. The zero-order valence-electron chi connectivity index (χ0n) is 16.0. The molecule has 2 aromatic carbocycles. The smallest absolute Gasteiger partial charge is 0.338 e. The van der Waals surface area contributed by atoms with Crippen molar-refractivity contribution in [1.29, 1.82) is 0 Å². The average Bonchev–Trinajstić information content (AvgIpc) is 3.06. The van der Waals surface area contributed by atoms with Gasteiger partial charge >= 0.3 is 11.9 Å². The van der Waals surface area contributed by atoms with Crippen LogP contribution in [0, 0.1) is 12.7 Å². The van der Waals surface area contributed by atoms with E-state index in [0.29, 0.717) is 17.0 Å². The zero-order chi connectivity index (χ0) is 21.0. The maximum atomic E-state index is 13.2. The molecule has 1 aliphatic rings. The van der Waals surface area contributed by atoms with Crippen molar-refractivity contribution in [1.82, 2.24) is 0 Å². The summed E-state index contributed by atoms with van der Waals surface area (Å²) in [4.78, 5) is 37.1. The van der Waals surface area contributed by atoms with Crippen molar-refractivity contribution in [2.45, 2.75) is 19.2 Å². The topological polar surface area (TPSA) is 72.9 Å². The number of hydrogen-bond acceptors (Lipinski definition) is 6. The Bertz CT molecular complexity index is 931. The second-order valence-corrected chi connectivity index (χ2v) is 7.52. The van der Waals surface area contributed by atoms with Gasteiger partial charge in [-0.15, -0.1) is 11.8 Å². The number of benzene rings is 2. The van der Waals surface area contributed by atoms with Crippen LogP contribution in [-0.4, -0.2) is 36.8 Å². The number of rotatable bonds is 6. The van der Waals surface area contributed by atoms with Crippen LogP contribution in [0.3, 0.4) is 0 Å². The molecule has 0 aliphatic carbocycles. The molecular weight excluding hydrogens is 397 g/mol. The van der Waals surface area contributed by atoms with Gasteiger partial charge < -0.3 is 9.47 Å². The molecule has 1 atom stereocenters. The van der Waals surface area contributed by atoms with Gasteiger partial charge in [-0.05, 0) is 48.4 Å². The Morgan fingerprint density at radius 3 is 2.48 bits per heavy atom. The number of halogens is 1. The summed E-state index contributed by atoms with van der Waals surface area (Å²) in [6.45, 7) is 3.05. The number of nitrogens with zero attached hydrogens (tertiary/aromatic N) is 1. The molecule has 3 rings (SSSR count). The van der Waals surface area contributed by atoms with Crippen LogP contribution in [0.4, 0.5) is 10.1 Å². The number of hydrogen-bond donors (Lipinski definition) is 0. The fraction of sp³-hybridized carbons (Fsp3) is 0.286. The number of thioether (sulfide) groups is 1. The highest BCUT2D eigenvalue weighted by molar-refractivity contribution is 8.00. The highest BCUT2D eigenvalue weighted by atomic mass is 32.2. The number of anilines is 1. The third kappa shape index (κ3) is 4.95. The van der Waals surface area contributed by atoms with E-state index in [1.54, 1.807) is 35.2 Å². The normalized spacial score (nSPS) is 16.0. The average molecular weight is 417 g/mol. The predicted octanol–water partition coefficient (Wildman–Crippen LogP) is 3.63. The summed E-state index contributed by atoms with van der Waals surface area (Å²) < 4.78 is 23.1. The molecule has 1 aliphatic heterocycles. The summed E-state index contributed by atoms with van der Waals surface area (Å²) in [5, 5.41) is -0.261. The van der Waals surface area contributed by atoms with Crippen molar-refractivity contribution in [3.8, 4) is 0 Å². The van der Waals surface area contributed by atoms with E-state index in [-0.39, 0.29) is 30.3 Å². The molecule has 1 unspecified atom stereocenters. The first-order chi connectivity index (χ1) is 13.9. The lowest BCUT2D eigenvalue weighted by Crippen LogP contribution is -2.28. The van der Waals surface area contributed by atoms with Gasteiger partial charge in [0, 0.05) is 12.6 Å². The molecule has 29 heavy (non-hydrogen) atoms. The van der Waals surface area contributed by atoms with Crippen LogP contribution in [-0.2, 0) is 19.1 Å². The Kier molecular flexibility index (Phi) is 6.53. The lowest BCUT2D eigenvalue weighted by molar-refractivity contribution is -0.142. The van der Waals surface area contributed by atoms with Crippen molar-refractivity contribution < 1.29 is 28.2 Å². The first-order valence-electron chi connectivity index (χ1n) is 8.97. The summed E-state index contributed by atoms with van der Waals surface area (Å²) >= 11 is 1.47. The summed E-state index contributed by atoms with van der Waals surface area (Å²) in [7, 11) is 0. The van der Waals surface area contributed by atoms with Gasteiger partial charge in [-0.1, -0.05) is 12.1 Å². The van der Waals surface area contributed by atoms with E-state index in [1.807, 2.05) is 6.92 Å². The molecular formula is C21H20FNO5S. The molecule has 0 saturated carbocycles. The van der Waals surface area contributed by atoms with Gasteiger partial charge in [-0.3, -0.25) is 14.5 Å². The van der Waals surface area contributed by atoms with Gasteiger partial charge in [-0.2, -0.15) is 0 Å². The van der Waals surface area contributed by atoms with Gasteiger partial charge in [0.25, 0.3) is 0 Å². The minimum Gasteiger partial charge on any atom is -0.462 e. The van der Waals surface area contributed by atoms with Gasteiger partial charge in [0.15, 0.2) is 0 Å². The zero-order valence-corrected chi connectivity index (χ0v) is 16.8. The molecule has 152 valence electrons. The third-order valence-electron chi connectivity index (χ3n) is 4.34. The highest BCUT2D eigenvalue weighted by Crippen LogP contribution is 2.42. The first-order valence-corrected chi connectivity index (χ1v) is 10.0. The van der Waals surface area contributed by atoms with E-state index in [2.05, 4.69) is 0 Å².